The van der Waals surface area contributed by atoms with Gasteiger partial charge in [-0.05, 0) is 36.6 Å². The first-order valence-corrected chi connectivity index (χ1v) is 10.8. The summed E-state index contributed by atoms with van der Waals surface area (Å²) in [5.41, 5.74) is -0.290. The quantitative estimate of drug-likeness (QED) is 0.613. The highest BCUT2D eigenvalue weighted by molar-refractivity contribution is 7.91. The summed E-state index contributed by atoms with van der Waals surface area (Å²) in [5.74, 6) is -0.537. The van der Waals surface area contributed by atoms with Gasteiger partial charge in [-0.2, -0.15) is 22.6 Å². The number of benzene rings is 1. The van der Waals surface area contributed by atoms with E-state index in [2.05, 4.69) is 10.4 Å². The fourth-order valence-corrected chi connectivity index (χ4v) is 4.96. The monoisotopic (exact) mass is 458 g/mol. The number of anilines is 1. The minimum atomic E-state index is -4.53. The summed E-state index contributed by atoms with van der Waals surface area (Å²) >= 11 is 1.03. The third-order valence-corrected chi connectivity index (χ3v) is 7.22. The van der Waals surface area contributed by atoms with E-state index in [0.717, 1.165) is 32.5 Å². The lowest BCUT2D eigenvalue weighted by atomic mass is 10.2. The van der Waals surface area contributed by atoms with E-state index >= 15 is 0 Å². The highest BCUT2D eigenvalue weighted by Gasteiger charge is 2.31. The smallest absolute Gasteiger partial charge is 0.309 e. The van der Waals surface area contributed by atoms with E-state index in [1.165, 1.54) is 31.3 Å². The fraction of sp³-hybridized carbons (Fsp3) is 0.222. The number of halogens is 3. The molecule has 12 heteroatoms. The Morgan fingerprint density at radius 1 is 1.23 bits per heavy atom. The Kier molecular flexibility index (Phi) is 6.01. The predicted molar refractivity (Wildman–Crippen MR) is 106 cm³/mol. The van der Waals surface area contributed by atoms with Crippen LogP contribution >= 0.6 is 11.3 Å². The highest BCUT2D eigenvalue weighted by atomic mass is 32.2. The minimum Gasteiger partial charge on any atom is -0.309 e. The maximum Gasteiger partial charge on any atom is 0.416 e. The lowest BCUT2D eigenvalue weighted by molar-refractivity contribution is -0.137. The molecule has 0 radical (unpaired) electrons. The molecule has 7 nitrogen and oxygen atoms in total. The predicted octanol–water partition coefficient (Wildman–Crippen LogP) is 3.52. The molecule has 1 N–H and O–H groups in total. The molecule has 0 aliphatic heterocycles. The summed E-state index contributed by atoms with van der Waals surface area (Å²) in [6, 6.07) is 9.00. The fourth-order valence-electron chi connectivity index (χ4n) is 2.63. The number of rotatable bonds is 6. The van der Waals surface area contributed by atoms with E-state index in [0.29, 0.717) is 5.69 Å². The van der Waals surface area contributed by atoms with Crippen molar-refractivity contribution in [1.29, 1.82) is 0 Å². The number of hydrogen-bond acceptors (Lipinski definition) is 5. The molecule has 0 atom stereocenters. The highest BCUT2D eigenvalue weighted by Crippen LogP contribution is 2.31. The van der Waals surface area contributed by atoms with Crippen LogP contribution in [-0.4, -0.2) is 42.0 Å². The molecule has 0 unspecified atom stereocenters. The zero-order chi connectivity index (χ0) is 22.1. The third-order valence-electron chi connectivity index (χ3n) is 4.04. The normalized spacial score (nSPS) is 12.3. The Bertz CT molecular complexity index is 1160. The average Bonchev–Trinajstić information content (AvgIpc) is 3.31. The van der Waals surface area contributed by atoms with Gasteiger partial charge in [0.05, 0.1) is 23.5 Å². The van der Waals surface area contributed by atoms with Crippen molar-refractivity contribution in [3.8, 4) is 5.69 Å². The van der Waals surface area contributed by atoms with Gasteiger partial charge in [0.2, 0.25) is 5.91 Å². The van der Waals surface area contributed by atoms with E-state index in [4.69, 9.17) is 0 Å². The lowest BCUT2D eigenvalue weighted by Gasteiger charge is -2.16. The van der Waals surface area contributed by atoms with Crippen molar-refractivity contribution in [2.24, 2.45) is 0 Å². The van der Waals surface area contributed by atoms with Gasteiger partial charge in [-0.15, -0.1) is 11.3 Å². The number of aryl methyl sites for hydroxylation is 1. The van der Waals surface area contributed by atoms with Crippen molar-refractivity contribution in [2.75, 3.05) is 18.9 Å². The maximum absolute atomic E-state index is 13.0. The topological polar surface area (TPSA) is 84.3 Å². The van der Waals surface area contributed by atoms with E-state index < -0.39 is 34.2 Å². The van der Waals surface area contributed by atoms with Crippen LogP contribution in [0.1, 0.15) is 11.3 Å². The van der Waals surface area contributed by atoms with E-state index in [-0.39, 0.29) is 15.7 Å². The maximum atomic E-state index is 13.0. The van der Waals surface area contributed by atoms with Gasteiger partial charge >= 0.3 is 6.18 Å². The molecule has 2 heterocycles. The lowest BCUT2D eigenvalue weighted by Crippen LogP contribution is -2.35. The molecule has 0 saturated carbocycles. The van der Waals surface area contributed by atoms with Gasteiger partial charge in [-0.1, -0.05) is 12.1 Å². The van der Waals surface area contributed by atoms with Crippen molar-refractivity contribution in [3.63, 3.8) is 0 Å². The Morgan fingerprint density at radius 3 is 2.60 bits per heavy atom. The molecule has 3 rings (SSSR count). The second kappa shape index (κ2) is 8.20. The Morgan fingerprint density at radius 2 is 1.97 bits per heavy atom. The number of likely N-dealkylation sites (N-methyl/N-ethyl adjacent to an activating group) is 1. The number of hydrogen-bond donors (Lipinski definition) is 1. The summed E-state index contributed by atoms with van der Waals surface area (Å²) in [5, 5.41) is 8.25. The van der Waals surface area contributed by atoms with Crippen LogP contribution in [0.15, 0.2) is 52.1 Å². The largest absolute Gasteiger partial charge is 0.416 e. The molecule has 160 valence electrons. The van der Waals surface area contributed by atoms with Gasteiger partial charge in [0, 0.05) is 13.1 Å². The van der Waals surface area contributed by atoms with Crippen molar-refractivity contribution < 1.29 is 26.4 Å². The number of sulfonamides is 1. The van der Waals surface area contributed by atoms with Gasteiger partial charge in [-0.3, -0.25) is 4.79 Å². The average molecular weight is 458 g/mol. The van der Waals surface area contributed by atoms with Crippen LogP contribution in [0.3, 0.4) is 0 Å². The van der Waals surface area contributed by atoms with Crippen LogP contribution in [0.2, 0.25) is 0 Å². The summed E-state index contributed by atoms with van der Waals surface area (Å²) in [7, 11) is -2.55. The molecule has 1 aromatic carbocycles. The van der Waals surface area contributed by atoms with Gasteiger partial charge < -0.3 is 5.32 Å². The molecule has 0 aliphatic carbocycles. The number of alkyl halides is 3. The number of amides is 1. The zero-order valence-corrected chi connectivity index (χ0v) is 17.5. The molecule has 3 aromatic rings. The van der Waals surface area contributed by atoms with E-state index in [9.17, 15) is 26.4 Å². The first kappa shape index (κ1) is 22.0. The zero-order valence-electron chi connectivity index (χ0n) is 15.8. The number of nitrogens with zero attached hydrogens (tertiary/aromatic N) is 3. The van der Waals surface area contributed by atoms with Gasteiger partial charge in [0.15, 0.2) is 0 Å². The van der Waals surface area contributed by atoms with E-state index in [1.807, 2.05) is 0 Å². The molecule has 0 saturated heterocycles. The first-order valence-electron chi connectivity index (χ1n) is 8.52. The van der Waals surface area contributed by atoms with Crippen LogP contribution < -0.4 is 5.32 Å². The van der Waals surface area contributed by atoms with Crippen molar-refractivity contribution >= 4 is 33.1 Å². The van der Waals surface area contributed by atoms with Crippen molar-refractivity contribution in [2.45, 2.75) is 17.3 Å². The molecule has 2 aromatic heterocycles. The first-order chi connectivity index (χ1) is 14.0. The summed E-state index contributed by atoms with van der Waals surface area (Å²) in [6.45, 7) is 1.14. The number of nitrogens with one attached hydrogen (secondary N) is 1. The molecular weight excluding hydrogens is 441 g/mol. The molecular formula is C18H17F3N4O3S2. The summed E-state index contributed by atoms with van der Waals surface area (Å²) in [6.07, 6.45) is -4.53. The Balaban J connectivity index is 1.81. The summed E-state index contributed by atoms with van der Waals surface area (Å²) in [4.78, 5) is 12.4. The minimum absolute atomic E-state index is 0.0997. The van der Waals surface area contributed by atoms with E-state index in [1.54, 1.807) is 18.4 Å². The van der Waals surface area contributed by atoms with Crippen molar-refractivity contribution in [1.82, 2.24) is 14.1 Å². The molecule has 30 heavy (non-hydrogen) atoms. The van der Waals surface area contributed by atoms with Gasteiger partial charge in [0.1, 0.15) is 10.0 Å². The van der Waals surface area contributed by atoms with Crippen LogP contribution in [-0.2, 0) is 21.0 Å². The standard InChI is InChI=1S/C18H17F3N4O3S2/c1-12-9-15(25(23-12)14-6-3-5-13(10-14)18(19,20)21)22-16(26)11-24(2)30(27,28)17-7-4-8-29-17/h3-10H,11H2,1-2H3,(H,22,26). The second-order valence-corrected chi connectivity index (χ2v) is 9.59. The third kappa shape index (κ3) is 4.71. The Labute approximate surface area is 174 Å². The van der Waals surface area contributed by atoms with Crippen LogP contribution in [0.25, 0.3) is 5.69 Å². The molecule has 0 fully saturated rings. The van der Waals surface area contributed by atoms with Crippen LogP contribution in [0.5, 0.6) is 0 Å². The number of aromatic nitrogens is 2. The number of carbonyl (C=O) groups excluding carboxylic acids is 1. The molecule has 0 aliphatic rings. The van der Waals surface area contributed by atoms with Crippen LogP contribution in [0.4, 0.5) is 19.0 Å². The molecule has 1 amide bonds. The Hall–Kier alpha value is -2.70. The van der Waals surface area contributed by atoms with Gasteiger partial charge in [0.25, 0.3) is 10.0 Å². The molecule has 0 spiro atoms. The van der Waals surface area contributed by atoms with Crippen LogP contribution in [0, 0.1) is 6.92 Å². The van der Waals surface area contributed by atoms with Gasteiger partial charge in [-0.25, -0.2) is 13.1 Å². The summed E-state index contributed by atoms with van der Waals surface area (Å²) < 4.78 is 66.1. The molecule has 0 bridgehead atoms. The second-order valence-electron chi connectivity index (χ2n) is 6.37. The number of carbonyl (C=O) groups is 1. The van der Waals surface area contributed by atoms with Crippen molar-refractivity contribution in [3.05, 3.63) is 59.1 Å². The number of thiophene rings is 1. The SMILES string of the molecule is Cc1cc(NC(=O)CN(C)S(=O)(=O)c2cccs2)n(-c2cccc(C(F)(F)F)c2)n1.